The second kappa shape index (κ2) is 11.6. The van der Waals surface area contributed by atoms with Crippen molar-refractivity contribution < 1.29 is 16.5 Å². The van der Waals surface area contributed by atoms with Crippen LogP contribution in [-0.2, 0) is 27.4 Å². The number of fused-ring (bicyclic) bond motifs is 2. The van der Waals surface area contributed by atoms with Gasteiger partial charge in [0.05, 0.1) is 0 Å². The molecular weight excluding hydrogens is 755 g/mol. The molecule has 0 saturated heterocycles. The van der Waals surface area contributed by atoms with E-state index in [1.54, 1.807) is 0 Å². The maximum absolute atomic E-state index is 4.61. The van der Waals surface area contributed by atoms with E-state index in [0.717, 1.165) is 6.42 Å². The molecule has 0 aliphatic heterocycles. The second-order valence-corrected chi connectivity index (χ2v) is 59.3. The molecule has 0 nitrogen and oxygen atoms in total. The Bertz CT molecular complexity index is 1970. The molecule has 4 aromatic carbocycles. The predicted octanol–water partition coefficient (Wildman–Crippen LogP) is 14.3. The molecule has 0 N–H and O–H groups in total. The normalized spacial score (nSPS) is 18.7. The molecule has 0 heterocycles. The molecule has 4 aromatic rings. The van der Waals surface area contributed by atoms with E-state index in [9.17, 15) is 0 Å². The van der Waals surface area contributed by atoms with Crippen LogP contribution in [0.1, 0.15) is 114 Å². The molecule has 2 unspecified atom stereocenters. The first kappa shape index (κ1) is 35.9. The molecule has 1 heteroatoms. The molecule has 0 saturated carbocycles. The summed E-state index contributed by atoms with van der Waals surface area (Å²) in [5.41, 5.74) is 17.1. The quantitative estimate of drug-likeness (QED) is 0.170. The standard InChI is InChI=1S/2C20H21.C5H10.3CH3.Hf/c2*1-14-13-16(20(2,3)4)11-12-17(14)19-10-6-8-15-7-5-9-18(15)19;1-4-5(2)3;;;;/h2*5-13H,1-4H3;1,5H,4H2,2-3H3;3*1H3;. The summed E-state index contributed by atoms with van der Waals surface area (Å²) in [6.07, 6.45) is 11.4. The van der Waals surface area contributed by atoms with E-state index in [-0.39, 0.29) is 10.8 Å². The fourth-order valence-electron chi connectivity index (χ4n) is 9.27. The third-order valence-corrected chi connectivity index (χ3v) is 41.8. The van der Waals surface area contributed by atoms with Crippen molar-refractivity contribution in [2.24, 2.45) is 5.92 Å². The second-order valence-electron chi connectivity index (χ2n) is 20.3. The van der Waals surface area contributed by atoms with Crippen LogP contribution >= 0.6 is 0 Å². The minimum atomic E-state index is -4.61. The van der Waals surface area contributed by atoms with Gasteiger partial charge in [-0.05, 0) is 0 Å². The predicted molar refractivity (Wildman–Crippen MR) is 217 cm³/mol. The van der Waals surface area contributed by atoms with Crippen LogP contribution in [0.3, 0.4) is 0 Å². The third kappa shape index (κ3) is 6.11. The Hall–Kier alpha value is -2.90. The van der Waals surface area contributed by atoms with Gasteiger partial charge in [0.1, 0.15) is 0 Å². The zero-order valence-electron chi connectivity index (χ0n) is 32.8. The Morgan fingerprint density at radius 2 is 1.00 bits per heavy atom. The summed E-state index contributed by atoms with van der Waals surface area (Å²) in [5, 5.41) is 0. The van der Waals surface area contributed by atoms with Crippen molar-refractivity contribution in [2.75, 3.05) is 0 Å². The molecule has 2 atom stereocenters. The van der Waals surface area contributed by atoms with Gasteiger partial charge in [-0.25, -0.2) is 0 Å². The number of hydrogen-bond acceptors (Lipinski definition) is 0. The molecule has 0 bridgehead atoms. The van der Waals surface area contributed by atoms with Crippen molar-refractivity contribution in [3.05, 3.63) is 129 Å². The van der Waals surface area contributed by atoms with Gasteiger partial charge in [0.2, 0.25) is 0 Å². The fraction of sp³-hybridized carbons (Fsp3) is 0.396. The van der Waals surface area contributed by atoms with Crippen LogP contribution in [0.4, 0.5) is 0 Å². The van der Waals surface area contributed by atoms with Crippen molar-refractivity contribution in [3.63, 3.8) is 0 Å². The van der Waals surface area contributed by atoms with Crippen LogP contribution in [-0.4, -0.2) is 3.76 Å². The van der Waals surface area contributed by atoms with E-state index in [0.29, 0.717) is 13.3 Å². The Morgan fingerprint density at radius 1 is 0.592 bits per heavy atom. The first-order valence-electron chi connectivity index (χ1n) is 18.8. The zero-order valence-corrected chi connectivity index (χ0v) is 36.3. The van der Waals surface area contributed by atoms with Gasteiger partial charge in [0.25, 0.3) is 0 Å². The molecule has 0 aromatic heterocycles. The van der Waals surface area contributed by atoms with E-state index < -0.39 is 16.5 Å². The van der Waals surface area contributed by atoms with Gasteiger partial charge >= 0.3 is 298 Å². The van der Waals surface area contributed by atoms with Gasteiger partial charge in [-0.1, -0.05) is 0 Å². The third-order valence-electron chi connectivity index (χ3n) is 12.6. The van der Waals surface area contributed by atoms with Crippen molar-refractivity contribution >= 4 is 15.9 Å². The molecule has 0 spiro atoms. The topological polar surface area (TPSA) is 0 Å². The molecule has 49 heavy (non-hydrogen) atoms. The van der Waals surface area contributed by atoms with E-state index in [2.05, 4.69) is 184 Å². The Morgan fingerprint density at radius 3 is 1.35 bits per heavy atom. The summed E-state index contributed by atoms with van der Waals surface area (Å²) in [6.45, 7) is 23.2. The van der Waals surface area contributed by atoms with Crippen LogP contribution in [0.25, 0.3) is 34.4 Å². The van der Waals surface area contributed by atoms with Crippen LogP contribution in [0.2, 0.25) is 14.0 Å². The molecule has 2 aliphatic rings. The molecular formula is C48H61Hf. The number of allylic oxidation sites excluding steroid dienone is 2. The van der Waals surface area contributed by atoms with Crippen LogP contribution in [0, 0.1) is 19.8 Å². The minimum absolute atomic E-state index is 0.137. The number of benzene rings is 4. The summed E-state index contributed by atoms with van der Waals surface area (Å²) < 4.78 is 12.0. The van der Waals surface area contributed by atoms with Gasteiger partial charge in [0, 0.05) is 0 Å². The molecule has 0 fully saturated rings. The average Bonchev–Trinajstić information content (AvgIpc) is 3.66. The van der Waals surface area contributed by atoms with Gasteiger partial charge in [-0.3, -0.25) is 0 Å². The summed E-state index contributed by atoms with van der Waals surface area (Å²) in [7, 11) is 0. The maximum atomic E-state index is 2.92. The van der Waals surface area contributed by atoms with Gasteiger partial charge in [-0.15, -0.1) is 0 Å². The number of hydrogen-bond donors (Lipinski definition) is 0. The first-order chi connectivity index (χ1) is 22.6. The Labute approximate surface area is 296 Å². The zero-order chi connectivity index (χ0) is 35.8. The Kier molecular flexibility index (Phi) is 8.47. The SMILES string of the molecule is Cc1cc(C(C)(C)C)ccc1-c1cccc2c1C=C[CH]2[Hf]([CH3])([CH3])([CH3])(=[CH]CC(C)C)[CH]1C=Cc2c(-c3ccc(C(C)(C)C)cc3C)cccc21. The van der Waals surface area contributed by atoms with Crippen LogP contribution in [0.5, 0.6) is 0 Å². The van der Waals surface area contributed by atoms with Crippen molar-refractivity contribution in [2.45, 2.75) is 108 Å². The molecule has 0 radical (unpaired) electrons. The first-order valence-corrected chi connectivity index (χ1v) is 35.8. The fourth-order valence-corrected chi connectivity index (χ4v) is 35.2. The summed E-state index contributed by atoms with van der Waals surface area (Å²) in [4.78, 5) is 0. The van der Waals surface area contributed by atoms with E-state index in [1.807, 2.05) is 0 Å². The van der Waals surface area contributed by atoms with E-state index in [4.69, 9.17) is 0 Å². The molecule has 0 amide bonds. The summed E-state index contributed by atoms with van der Waals surface area (Å²) in [6, 6.07) is 28.5. The van der Waals surface area contributed by atoms with Crippen molar-refractivity contribution in [3.8, 4) is 22.3 Å². The van der Waals surface area contributed by atoms with E-state index in [1.165, 1.54) is 66.8 Å². The summed E-state index contributed by atoms with van der Waals surface area (Å²) >= 11 is -4.61. The van der Waals surface area contributed by atoms with Gasteiger partial charge in [0.15, 0.2) is 0 Å². The molecule has 2 aliphatic carbocycles. The van der Waals surface area contributed by atoms with Crippen LogP contribution < -0.4 is 0 Å². The number of rotatable bonds is 6. The van der Waals surface area contributed by atoms with Crippen molar-refractivity contribution in [1.82, 2.24) is 0 Å². The molecule has 257 valence electrons. The van der Waals surface area contributed by atoms with Gasteiger partial charge in [-0.2, -0.15) is 0 Å². The van der Waals surface area contributed by atoms with Gasteiger partial charge < -0.3 is 0 Å². The Balaban J connectivity index is 1.51. The van der Waals surface area contributed by atoms with E-state index >= 15 is 0 Å². The number of aryl methyl sites for hydroxylation is 2. The van der Waals surface area contributed by atoms with Crippen molar-refractivity contribution in [1.29, 1.82) is 0 Å². The monoisotopic (exact) mass is 817 g/mol. The average molecular weight is 817 g/mol. The summed E-state index contributed by atoms with van der Waals surface area (Å²) in [5.74, 6) is 0.616. The van der Waals surface area contributed by atoms with Crippen LogP contribution in [0.15, 0.2) is 84.9 Å². The molecule has 6 rings (SSSR count).